The van der Waals surface area contributed by atoms with Crippen LogP contribution in [-0.2, 0) is 20.4 Å². The number of hydrogen-bond acceptors (Lipinski definition) is 6. The molecule has 5 heterocycles. The molecule has 9 heteroatoms. The van der Waals surface area contributed by atoms with E-state index in [0.717, 1.165) is 44.5 Å². The SMILES string of the molecule is Oc1ccc(-c2c3nc(c(-c4ccc(O)cc4)c4ccc([n-]4)c(-c4ccc(O)cc4)c4nc(c(-c5ccc(O)cc5)c5ccc2[n-]5)C=C4)C=C3)cc1.[Pd+2]. The number of phenols is 4. The van der Waals surface area contributed by atoms with Crippen LogP contribution in [0.25, 0.3) is 90.9 Å². The Morgan fingerprint density at radius 1 is 0.302 bits per heavy atom. The van der Waals surface area contributed by atoms with Crippen LogP contribution in [-0.4, -0.2) is 30.4 Å². The summed E-state index contributed by atoms with van der Waals surface area (Å²) in [6.07, 6.45) is 7.82. The Balaban J connectivity index is 0.00000400. The summed E-state index contributed by atoms with van der Waals surface area (Å²) in [5.41, 5.74) is 11.8. The molecular formula is C44H28N4O4Pd. The first-order chi connectivity index (χ1) is 25.4. The van der Waals surface area contributed by atoms with Gasteiger partial charge in [-0.1, -0.05) is 72.8 Å². The Bertz CT molecular complexity index is 2370. The minimum atomic E-state index is 0. The van der Waals surface area contributed by atoms with Crippen molar-refractivity contribution in [1.82, 2.24) is 19.9 Å². The summed E-state index contributed by atoms with van der Waals surface area (Å²) in [4.78, 5) is 20.8. The van der Waals surface area contributed by atoms with Gasteiger partial charge in [0.05, 0.1) is 22.8 Å². The molecule has 0 saturated heterocycles. The van der Waals surface area contributed by atoms with E-state index in [0.29, 0.717) is 44.8 Å². The van der Waals surface area contributed by atoms with Crippen molar-refractivity contribution in [1.29, 1.82) is 0 Å². The molecule has 0 spiro atoms. The predicted octanol–water partition coefficient (Wildman–Crippen LogP) is 9.40. The molecule has 0 fully saturated rings. The number of benzene rings is 4. The fourth-order valence-electron chi connectivity index (χ4n) is 6.78. The van der Waals surface area contributed by atoms with Gasteiger partial charge in [-0.2, -0.15) is 0 Å². The molecule has 8 nitrogen and oxygen atoms in total. The average Bonchev–Trinajstić information content (AvgIpc) is 3.99. The summed E-state index contributed by atoms with van der Waals surface area (Å²) in [6, 6.07) is 35.7. The van der Waals surface area contributed by atoms with Crippen LogP contribution in [0.2, 0.25) is 0 Å². The van der Waals surface area contributed by atoms with Crippen LogP contribution in [0.1, 0.15) is 22.8 Å². The van der Waals surface area contributed by atoms with Gasteiger partial charge in [-0.05, 0) is 117 Å². The van der Waals surface area contributed by atoms with Crippen molar-refractivity contribution in [2.24, 2.45) is 0 Å². The maximum Gasteiger partial charge on any atom is 2.00 e. The first-order valence-corrected chi connectivity index (χ1v) is 16.6. The minimum absolute atomic E-state index is 0. The Morgan fingerprint density at radius 2 is 0.509 bits per heavy atom. The van der Waals surface area contributed by atoms with E-state index in [1.165, 1.54) is 0 Å². The van der Waals surface area contributed by atoms with Crippen molar-refractivity contribution in [2.75, 3.05) is 0 Å². The molecule has 3 aromatic heterocycles. The molecule has 0 aliphatic carbocycles. The zero-order valence-corrected chi connectivity index (χ0v) is 29.3. The van der Waals surface area contributed by atoms with Gasteiger partial charge in [0.2, 0.25) is 0 Å². The maximum absolute atomic E-state index is 10.2. The third-order valence-electron chi connectivity index (χ3n) is 9.23. The summed E-state index contributed by atoms with van der Waals surface area (Å²) >= 11 is 0. The van der Waals surface area contributed by atoms with Gasteiger partial charge in [0, 0.05) is 0 Å². The summed E-state index contributed by atoms with van der Waals surface area (Å²) in [5.74, 6) is 0.594. The molecule has 9 rings (SSSR count). The summed E-state index contributed by atoms with van der Waals surface area (Å²) in [5, 5.41) is 40.6. The van der Waals surface area contributed by atoms with Crippen LogP contribution in [0.4, 0.5) is 0 Å². The second kappa shape index (κ2) is 13.5. The number of fused-ring (bicyclic) bond motifs is 8. The third-order valence-corrected chi connectivity index (χ3v) is 9.23. The maximum atomic E-state index is 10.2. The largest absolute Gasteiger partial charge is 2.00 e. The Hall–Kier alpha value is -6.66. The van der Waals surface area contributed by atoms with Crippen LogP contribution >= 0.6 is 0 Å². The van der Waals surface area contributed by atoms with E-state index in [1.807, 2.05) is 97.1 Å². The number of nitrogens with zero attached hydrogens (tertiary/aromatic N) is 4. The fourth-order valence-corrected chi connectivity index (χ4v) is 6.78. The van der Waals surface area contributed by atoms with Gasteiger partial charge in [-0.25, -0.2) is 9.97 Å². The molecule has 7 aromatic rings. The smallest absolute Gasteiger partial charge is 0.657 e. The molecule has 2 aliphatic heterocycles. The molecule has 4 N–H and O–H groups in total. The van der Waals surface area contributed by atoms with Gasteiger partial charge < -0.3 is 30.4 Å². The predicted molar refractivity (Wildman–Crippen MR) is 205 cm³/mol. The normalized spacial score (nSPS) is 11.8. The van der Waals surface area contributed by atoms with Crippen molar-refractivity contribution in [2.45, 2.75) is 0 Å². The van der Waals surface area contributed by atoms with Gasteiger partial charge in [0.25, 0.3) is 0 Å². The minimum Gasteiger partial charge on any atom is -0.657 e. The Kier molecular flexibility index (Phi) is 8.51. The summed E-state index contributed by atoms with van der Waals surface area (Å²) in [7, 11) is 0. The number of phenolic OH excluding ortho intramolecular Hbond substituents is 4. The second-order valence-corrected chi connectivity index (χ2v) is 12.5. The van der Waals surface area contributed by atoms with E-state index < -0.39 is 0 Å². The van der Waals surface area contributed by atoms with Crippen molar-refractivity contribution in [3.05, 3.63) is 144 Å². The van der Waals surface area contributed by atoms with Crippen LogP contribution in [0.3, 0.4) is 0 Å². The standard InChI is InChI=1S/C44H28N4O4.Pd/c49-29-9-1-25(2-10-29)41-33-17-19-35(45-33)42(26-3-11-30(50)12-4-26)37-21-23-39(47-37)44(28-7-15-32(52)16-8-28)40-24-22-38(48-40)43(36-20-18-34(41)46-36)27-5-13-31(51)14-6-27;/h1-24H,(H4-2,45,46,47,48,49,50,51,52);/q-2;+2. The van der Waals surface area contributed by atoms with Crippen molar-refractivity contribution in [3.8, 4) is 67.5 Å². The first kappa shape index (κ1) is 33.5. The van der Waals surface area contributed by atoms with E-state index in [1.54, 1.807) is 48.5 Å². The summed E-state index contributed by atoms with van der Waals surface area (Å²) in [6.45, 7) is 0. The molecule has 53 heavy (non-hydrogen) atoms. The van der Waals surface area contributed by atoms with Crippen LogP contribution in [0.5, 0.6) is 23.0 Å². The topological polar surface area (TPSA) is 135 Å². The molecule has 0 atom stereocenters. The second-order valence-electron chi connectivity index (χ2n) is 12.5. The number of aromatic nitrogens is 4. The van der Waals surface area contributed by atoms with Crippen molar-refractivity contribution in [3.63, 3.8) is 0 Å². The molecule has 0 amide bonds. The van der Waals surface area contributed by atoms with Crippen LogP contribution < -0.4 is 9.97 Å². The Morgan fingerprint density at radius 3 is 0.717 bits per heavy atom. The van der Waals surface area contributed by atoms with Gasteiger partial charge in [0.15, 0.2) is 0 Å². The molecule has 0 saturated carbocycles. The van der Waals surface area contributed by atoms with E-state index in [4.69, 9.17) is 19.9 Å². The van der Waals surface area contributed by atoms with E-state index in [-0.39, 0.29) is 43.4 Å². The van der Waals surface area contributed by atoms with Crippen molar-refractivity contribution < 1.29 is 40.8 Å². The van der Waals surface area contributed by atoms with Crippen LogP contribution in [0, 0.1) is 0 Å². The zero-order chi connectivity index (χ0) is 35.3. The van der Waals surface area contributed by atoms with Gasteiger partial charge in [0.1, 0.15) is 23.0 Å². The quantitative estimate of drug-likeness (QED) is 0.130. The first-order valence-electron chi connectivity index (χ1n) is 16.6. The summed E-state index contributed by atoms with van der Waals surface area (Å²) < 4.78 is 0. The van der Waals surface area contributed by atoms with E-state index in [9.17, 15) is 20.4 Å². The van der Waals surface area contributed by atoms with Gasteiger partial charge >= 0.3 is 20.4 Å². The van der Waals surface area contributed by atoms with Crippen molar-refractivity contribution >= 4 is 46.4 Å². The molecule has 258 valence electrons. The van der Waals surface area contributed by atoms with Gasteiger partial charge in [-0.3, -0.25) is 0 Å². The number of aromatic hydroxyl groups is 4. The molecular weight excluding hydrogens is 755 g/mol. The van der Waals surface area contributed by atoms with Crippen LogP contribution in [0.15, 0.2) is 121 Å². The van der Waals surface area contributed by atoms with E-state index >= 15 is 0 Å². The van der Waals surface area contributed by atoms with E-state index in [2.05, 4.69) is 0 Å². The number of rotatable bonds is 4. The van der Waals surface area contributed by atoms with Gasteiger partial charge in [-0.15, -0.1) is 22.1 Å². The Labute approximate surface area is 317 Å². The molecule has 2 aliphatic rings. The molecule has 0 unspecified atom stereocenters. The molecule has 8 bridgehead atoms. The molecule has 0 radical (unpaired) electrons. The monoisotopic (exact) mass is 782 g/mol. The third kappa shape index (κ3) is 6.19. The zero-order valence-electron chi connectivity index (χ0n) is 27.8. The molecule has 4 aromatic carbocycles. The fraction of sp³-hybridized carbons (Fsp3) is 0. The average molecular weight is 783 g/mol. The number of hydrogen-bond donors (Lipinski definition) is 4.